The van der Waals surface area contributed by atoms with Crippen LogP contribution in [-0.4, -0.2) is 53.1 Å². The molecule has 1 heterocycles. The van der Waals surface area contributed by atoms with Crippen LogP contribution in [0.5, 0.6) is 0 Å². The molecule has 1 rings (SSSR count). The lowest BCUT2D eigenvalue weighted by Gasteiger charge is -2.29. The van der Waals surface area contributed by atoms with Gasteiger partial charge in [-0.15, -0.1) is 0 Å². The number of rotatable bonds is 3. The minimum Gasteiger partial charge on any atom is -0.481 e. The monoisotopic (exact) mass is 242 g/mol. The van der Waals surface area contributed by atoms with E-state index in [4.69, 9.17) is 5.11 Å². The Balaban J connectivity index is 2.66. The highest BCUT2D eigenvalue weighted by molar-refractivity contribution is 5.79. The van der Waals surface area contributed by atoms with Gasteiger partial charge in [0.15, 0.2) is 0 Å². The normalized spacial score (nSPS) is 25.8. The maximum absolute atomic E-state index is 12.1. The summed E-state index contributed by atoms with van der Waals surface area (Å²) in [6.45, 7) is 6.56. The lowest BCUT2D eigenvalue weighted by molar-refractivity contribution is -0.147. The molecule has 0 aromatic heterocycles. The number of hydrogen-bond donors (Lipinski definition) is 1. The molecule has 2 amide bonds. The zero-order chi connectivity index (χ0) is 13.2. The fourth-order valence-electron chi connectivity index (χ4n) is 1.98. The van der Waals surface area contributed by atoms with Crippen molar-refractivity contribution in [2.24, 2.45) is 5.41 Å². The molecule has 0 bridgehead atoms. The molecule has 2 unspecified atom stereocenters. The summed E-state index contributed by atoms with van der Waals surface area (Å²) in [6, 6.07) is 0.114. The molecular weight excluding hydrogens is 220 g/mol. The molecule has 17 heavy (non-hydrogen) atoms. The summed E-state index contributed by atoms with van der Waals surface area (Å²) >= 11 is 0. The van der Waals surface area contributed by atoms with Gasteiger partial charge in [0.1, 0.15) is 0 Å². The average molecular weight is 242 g/mol. The summed E-state index contributed by atoms with van der Waals surface area (Å²) in [4.78, 5) is 26.5. The number of carbonyl (C=O) groups is 2. The van der Waals surface area contributed by atoms with Crippen LogP contribution in [0.2, 0.25) is 0 Å². The Bertz CT molecular complexity index is 319. The van der Waals surface area contributed by atoms with Crippen LogP contribution in [0, 0.1) is 5.41 Å². The molecule has 1 N–H and O–H groups in total. The van der Waals surface area contributed by atoms with Gasteiger partial charge < -0.3 is 14.9 Å². The van der Waals surface area contributed by atoms with Crippen molar-refractivity contribution in [3.05, 3.63) is 0 Å². The van der Waals surface area contributed by atoms with Crippen molar-refractivity contribution in [1.82, 2.24) is 9.80 Å². The Labute approximate surface area is 102 Å². The van der Waals surface area contributed by atoms with Gasteiger partial charge in [-0.05, 0) is 26.7 Å². The average Bonchev–Trinajstić information content (AvgIpc) is 2.70. The van der Waals surface area contributed by atoms with Crippen molar-refractivity contribution in [2.75, 3.05) is 20.1 Å². The van der Waals surface area contributed by atoms with Crippen molar-refractivity contribution in [3.8, 4) is 0 Å². The van der Waals surface area contributed by atoms with Crippen LogP contribution in [0.15, 0.2) is 0 Å². The van der Waals surface area contributed by atoms with E-state index in [0.29, 0.717) is 19.5 Å². The van der Waals surface area contributed by atoms with Gasteiger partial charge in [-0.25, -0.2) is 4.79 Å². The molecule has 0 aliphatic carbocycles. The van der Waals surface area contributed by atoms with E-state index in [1.807, 2.05) is 13.8 Å². The van der Waals surface area contributed by atoms with Gasteiger partial charge in [-0.3, -0.25) is 4.79 Å². The molecule has 98 valence electrons. The summed E-state index contributed by atoms with van der Waals surface area (Å²) in [5.41, 5.74) is -0.786. The smallest absolute Gasteiger partial charge is 0.320 e. The fraction of sp³-hybridized carbons (Fsp3) is 0.833. The molecule has 0 aromatic rings. The summed E-state index contributed by atoms with van der Waals surface area (Å²) in [5, 5.41) is 9.11. The predicted octanol–water partition coefficient (Wildman–Crippen LogP) is 1.63. The summed E-state index contributed by atoms with van der Waals surface area (Å²) in [7, 11) is 1.77. The Kier molecular flexibility index (Phi) is 4.01. The second-order valence-electron chi connectivity index (χ2n) is 5.19. The summed E-state index contributed by atoms with van der Waals surface area (Å²) in [5.74, 6) is -0.820. The van der Waals surface area contributed by atoms with E-state index in [2.05, 4.69) is 0 Å². The van der Waals surface area contributed by atoms with Crippen molar-refractivity contribution in [1.29, 1.82) is 0 Å². The molecule has 1 aliphatic heterocycles. The highest BCUT2D eigenvalue weighted by atomic mass is 16.4. The molecule has 1 saturated heterocycles. The minimum absolute atomic E-state index is 0.0654. The summed E-state index contributed by atoms with van der Waals surface area (Å²) < 4.78 is 0. The molecule has 0 aromatic carbocycles. The Morgan fingerprint density at radius 2 is 2.12 bits per heavy atom. The highest BCUT2D eigenvalue weighted by Crippen LogP contribution is 2.30. The Morgan fingerprint density at radius 1 is 1.53 bits per heavy atom. The van der Waals surface area contributed by atoms with E-state index in [1.165, 1.54) is 0 Å². The molecule has 0 radical (unpaired) electrons. The van der Waals surface area contributed by atoms with Gasteiger partial charge in [0.2, 0.25) is 0 Å². The predicted molar refractivity (Wildman–Crippen MR) is 64.8 cm³/mol. The SMILES string of the molecule is CCC(C)N(C)C(=O)N1CCC(C)(C(=O)O)C1. The van der Waals surface area contributed by atoms with E-state index >= 15 is 0 Å². The van der Waals surface area contributed by atoms with Crippen LogP contribution in [0.4, 0.5) is 4.79 Å². The Morgan fingerprint density at radius 3 is 2.53 bits per heavy atom. The zero-order valence-corrected chi connectivity index (χ0v) is 11.1. The molecular formula is C12H22N2O3. The Hall–Kier alpha value is -1.26. The number of aliphatic carboxylic acids is 1. The number of hydrogen-bond acceptors (Lipinski definition) is 2. The number of carboxylic acid groups (broad SMARTS) is 1. The fourth-order valence-corrected chi connectivity index (χ4v) is 1.98. The molecule has 5 nitrogen and oxygen atoms in total. The second-order valence-corrected chi connectivity index (χ2v) is 5.19. The topological polar surface area (TPSA) is 60.9 Å². The van der Waals surface area contributed by atoms with E-state index in [-0.39, 0.29) is 12.1 Å². The lowest BCUT2D eigenvalue weighted by atomic mass is 9.90. The second kappa shape index (κ2) is 4.94. The van der Waals surface area contributed by atoms with Gasteiger partial charge in [0.05, 0.1) is 5.41 Å². The van der Waals surface area contributed by atoms with Crippen LogP contribution in [0.3, 0.4) is 0 Å². The van der Waals surface area contributed by atoms with Crippen LogP contribution in [-0.2, 0) is 4.79 Å². The maximum atomic E-state index is 12.1. The quantitative estimate of drug-likeness (QED) is 0.818. The van der Waals surface area contributed by atoms with Crippen LogP contribution >= 0.6 is 0 Å². The largest absolute Gasteiger partial charge is 0.481 e. The first-order valence-corrected chi connectivity index (χ1v) is 6.07. The first kappa shape index (κ1) is 13.8. The number of carboxylic acids is 1. The number of nitrogens with zero attached hydrogens (tertiary/aromatic N) is 2. The number of urea groups is 1. The van der Waals surface area contributed by atoms with E-state index in [0.717, 1.165) is 6.42 Å². The van der Waals surface area contributed by atoms with Gasteiger partial charge in [-0.1, -0.05) is 6.92 Å². The van der Waals surface area contributed by atoms with Crippen molar-refractivity contribution in [2.45, 2.75) is 39.7 Å². The first-order chi connectivity index (χ1) is 7.81. The van der Waals surface area contributed by atoms with Crippen molar-refractivity contribution >= 4 is 12.0 Å². The minimum atomic E-state index is -0.820. The van der Waals surface area contributed by atoms with Crippen LogP contribution < -0.4 is 0 Å². The van der Waals surface area contributed by atoms with Gasteiger partial charge in [-0.2, -0.15) is 0 Å². The molecule has 1 aliphatic rings. The third-order valence-corrected chi connectivity index (χ3v) is 3.81. The van der Waals surface area contributed by atoms with Crippen molar-refractivity contribution < 1.29 is 14.7 Å². The molecule has 5 heteroatoms. The standard InChI is InChI=1S/C12H22N2O3/c1-5-9(2)13(4)11(17)14-7-6-12(3,8-14)10(15)16/h9H,5-8H2,1-4H3,(H,15,16). The molecule has 0 saturated carbocycles. The number of carbonyl (C=O) groups excluding carboxylic acids is 1. The third-order valence-electron chi connectivity index (χ3n) is 3.81. The van der Waals surface area contributed by atoms with E-state index < -0.39 is 11.4 Å². The lowest BCUT2D eigenvalue weighted by Crippen LogP contribution is -2.45. The number of amides is 2. The van der Waals surface area contributed by atoms with Crippen LogP contribution in [0.25, 0.3) is 0 Å². The third kappa shape index (κ3) is 2.70. The van der Waals surface area contributed by atoms with Crippen molar-refractivity contribution in [3.63, 3.8) is 0 Å². The highest BCUT2D eigenvalue weighted by Gasteiger charge is 2.42. The maximum Gasteiger partial charge on any atom is 0.320 e. The van der Waals surface area contributed by atoms with Gasteiger partial charge in [0, 0.05) is 26.2 Å². The van der Waals surface area contributed by atoms with Crippen LogP contribution in [0.1, 0.15) is 33.6 Å². The number of likely N-dealkylation sites (tertiary alicyclic amines) is 1. The molecule has 1 fully saturated rings. The molecule has 0 spiro atoms. The molecule has 2 atom stereocenters. The van der Waals surface area contributed by atoms with Gasteiger partial charge in [0.25, 0.3) is 0 Å². The van der Waals surface area contributed by atoms with E-state index in [1.54, 1.807) is 23.8 Å². The van der Waals surface area contributed by atoms with E-state index in [9.17, 15) is 9.59 Å². The van der Waals surface area contributed by atoms with Gasteiger partial charge >= 0.3 is 12.0 Å². The first-order valence-electron chi connectivity index (χ1n) is 6.07. The zero-order valence-electron chi connectivity index (χ0n) is 11.1. The summed E-state index contributed by atoms with van der Waals surface area (Å²) in [6.07, 6.45) is 1.43.